The number of nitrogens with one attached hydrogen (secondary N) is 1. The molecule has 1 aromatic heterocycles. The molecule has 6 heteroatoms. The maximum atomic E-state index is 13.5. The minimum absolute atomic E-state index is 0.0419. The molecule has 1 saturated heterocycles. The summed E-state index contributed by atoms with van der Waals surface area (Å²) in [5.74, 6) is -0.275. The topological polar surface area (TPSA) is 65.8 Å². The molecular formula is C26H29N3O3. The first-order chi connectivity index (χ1) is 15.6. The molecule has 32 heavy (non-hydrogen) atoms. The summed E-state index contributed by atoms with van der Waals surface area (Å²) in [6.07, 6.45) is 5.75. The van der Waals surface area contributed by atoms with E-state index in [1.54, 1.807) is 6.07 Å². The second-order valence-corrected chi connectivity index (χ2v) is 8.19. The zero-order valence-corrected chi connectivity index (χ0v) is 18.4. The van der Waals surface area contributed by atoms with E-state index in [1.807, 2.05) is 35.2 Å². The summed E-state index contributed by atoms with van der Waals surface area (Å²) in [5.41, 5.74) is 3.21. The van der Waals surface area contributed by atoms with Gasteiger partial charge in [0.1, 0.15) is 6.26 Å². The highest BCUT2D eigenvalue weighted by Crippen LogP contribution is 2.32. The number of nitrogens with zero attached hydrogens (tertiary/aromatic N) is 2. The van der Waals surface area contributed by atoms with Crippen molar-refractivity contribution in [3.63, 3.8) is 0 Å². The van der Waals surface area contributed by atoms with Crippen molar-refractivity contribution in [3.8, 4) is 0 Å². The molecule has 0 unspecified atom stereocenters. The molecule has 0 saturated carbocycles. The molecule has 3 aromatic rings. The first-order valence-corrected chi connectivity index (χ1v) is 11.1. The second kappa shape index (κ2) is 10.3. The van der Waals surface area contributed by atoms with Crippen LogP contribution in [0.4, 0.5) is 11.4 Å². The van der Waals surface area contributed by atoms with E-state index in [4.69, 9.17) is 4.42 Å². The third-order valence-corrected chi connectivity index (χ3v) is 5.94. The van der Waals surface area contributed by atoms with Crippen LogP contribution in [0.15, 0.2) is 77.6 Å². The predicted molar refractivity (Wildman–Crippen MR) is 126 cm³/mol. The lowest BCUT2D eigenvalue weighted by atomic mass is 10.00. The number of benzene rings is 2. The van der Waals surface area contributed by atoms with Gasteiger partial charge < -0.3 is 19.5 Å². The van der Waals surface area contributed by atoms with Crippen LogP contribution in [0, 0.1) is 0 Å². The third-order valence-electron chi connectivity index (χ3n) is 5.94. The predicted octanol–water partition coefficient (Wildman–Crippen LogP) is 4.59. The number of amides is 2. The number of likely N-dealkylation sites (tertiary alicyclic amines) is 1. The Morgan fingerprint density at radius 2 is 1.75 bits per heavy atom. The van der Waals surface area contributed by atoms with Gasteiger partial charge in [-0.15, -0.1) is 0 Å². The van der Waals surface area contributed by atoms with E-state index in [1.165, 1.54) is 25.0 Å². The SMILES string of the molecule is CC(=O)Nc1ccccc1N(C(=O)c1ccoc1)C1CCN(CCc2ccccc2)CC1. The van der Waals surface area contributed by atoms with Gasteiger partial charge in [-0.2, -0.15) is 0 Å². The number of rotatable bonds is 7. The molecule has 4 rings (SSSR count). The molecule has 0 radical (unpaired) electrons. The highest BCUT2D eigenvalue weighted by molar-refractivity contribution is 6.09. The fourth-order valence-corrected chi connectivity index (χ4v) is 4.31. The summed E-state index contributed by atoms with van der Waals surface area (Å²) in [6, 6.07) is 19.7. The van der Waals surface area contributed by atoms with Crippen LogP contribution in [0.3, 0.4) is 0 Å². The first kappa shape index (κ1) is 21.8. The molecule has 0 atom stereocenters. The smallest absolute Gasteiger partial charge is 0.261 e. The van der Waals surface area contributed by atoms with Crippen LogP contribution < -0.4 is 10.2 Å². The minimum Gasteiger partial charge on any atom is -0.472 e. The number of piperidine rings is 1. The van der Waals surface area contributed by atoms with Crippen molar-refractivity contribution in [3.05, 3.63) is 84.3 Å². The monoisotopic (exact) mass is 431 g/mol. The van der Waals surface area contributed by atoms with Gasteiger partial charge in [0.25, 0.3) is 5.91 Å². The molecule has 1 N–H and O–H groups in total. The van der Waals surface area contributed by atoms with Gasteiger partial charge in [-0.05, 0) is 43.0 Å². The summed E-state index contributed by atoms with van der Waals surface area (Å²) < 4.78 is 5.17. The number of anilines is 2. The molecule has 2 heterocycles. The van der Waals surface area contributed by atoms with Crippen molar-refractivity contribution in [2.24, 2.45) is 0 Å². The Bertz CT molecular complexity index is 1030. The van der Waals surface area contributed by atoms with Crippen LogP contribution in [-0.2, 0) is 11.2 Å². The van der Waals surface area contributed by atoms with E-state index < -0.39 is 0 Å². The van der Waals surface area contributed by atoms with E-state index in [0.29, 0.717) is 11.3 Å². The fraction of sp³-hybridized carbons (Fsp3) is 0.308. The van der Waals surface area contributed by atoms with Gasteiger partial charge in [0, 0.05) is 32.6 Å². The summed E-state index contributed by atoms with van der Waals surface area (Å²) >= 11 is 0. The highest BCUT2D eigenvalue weighted by Gasteiger charge is 2.31. The average molecular weight is 432 g/mol. The van der Waals surface area contributed by atoms with E-state index in [9.17, 15) is 9.59 Å². The summed E-state index contributed by atoms with van der Waals surface area (Å²) in [4.78, 5) is 29.5. The van der Waals surface area contributed by atoms with Gasteiger partial charge in [0.05, 0.1) is 23.2 Å². The number of hydrogen-bond acceptors (Lipinski definition) is 4. The van der Waals surface area contributed by atoms with Crippen LogP contribution >= 0.6 is 0 Å². The minimum atomic E-state index is -0.163. The molecule has 0 bridgehead atoms. The lowest BCUT2D eigenvalue weighted by Crippen LogP contribution is -2.48. The van der Waals surface area contributed by atoms with Crippen molar-refractivity contribution < 1.29 is 14.0 Å². The number of carbonyl (C=O) groups is 2. The normalized spacial score (nSPS) is 14.8. The van der Waals surface area contributed by atoms with Crippen molar-refractivity contribution in [1.29, 1.82) is 0 Å². The Balaban J connectivity index is 1.50. The molecule has 2 aromatic carbocycles. The Labute approximate surface area is 188 Å². The summed E-state index contributed by atoms with van der Waals surface area (Å²) in [5, 5.41) is 2.87. The largest absolute Gasteiger partial charge is 0.472 e. The highest BCUT2D eigenvalue weighted by atomic mass is 16.3. The van der Waals surface area contributed by atoms with Gasteiger partial charge in [-0.25, -0.2) is 0 Å². The van der Waals surface area contributed by atoms with Crippen LogP contribution in [0.25, 0.3) is 0 Å². The lowest BCUT2D eigenvalue weighted by molar-refractivity contribution is -0.114. The van der Waals surface area contributed by atoms with Gasteiger partial charge in [0.15, 0.2) is 0 Å². The Morgan fingerprint density at radius 3 is 2.44 bits per heavy atom. The summed E-state index contributed by atoms with van der Waals surface area (Å²) in [7, 11) is 0. The zero-order valence-electron chi connectivity index (χ0n) is 18.4. The van der Waals surface area contributed by atoms with Gasteiger partial charge in [-0.3, -0.25) is 9.59 Å². The summed E-state index contributed by atoms with van der Waals surface area (Å²) in [6.45, 7) is 4.34. The van der Waals surface area contributed by atoms with Crippen LogP contribution in [-0.4, -0.2) is 42.4 Å². The van der Waals surface area contributed by atoms with Crippen LogP contribution in [0.2, 0.25) is 0 Å². The molecule has 166 valence electrons. The van der Waals surface area contributed by atoms with Gasteiger partial charge in [-0.1, -0.05) is 42.5 Å². The van der Waals surface area contributed by atoms with Crippen LogP contribution in [0.1, 0.15) is 35.7 Å². The van der Waals surface area contributed by atoms with Crippen LogP contribution in [0.5, 0.6) is 0 Å². The standard InChI is InChI=1S/C26H29N3O3/c1-20(30)27-24-9-5-6-10-25(24)29(26(31)22-14-18-32-19-22)23-12-16-28(17-13-23)15-11-21-7-3-2-4-8-21/h2-10,14,18-19,23H,11-13,15-17H2,1H3,(H,27,30). The average Bonchev–Trinajstić information content (AvgIpc) is 3.35. The maximum absolute atomic E-state index is 13.5. The molecule has 0 aliphatic carbocycles. The Kier molecular flexibility index (Phi) is 7.02. The number of hydrogen-bond donors (Lipinski definition) is 1. The van der Waals surface area contributed by atoms with E-state index >= 15 is 0 Å². The van der Waals surface area contributed by atoms with Crippen molar-refractivity contribution in [2.75, 3.05) is 29.9 Å². The van der Waals surface area contributed by atoms with Gasteiger partial charge >= 0.3 is 0 Å². The number of para-hydroxylation sites is 2. The molecule has 2 amide bonds. The van der Waals surface area contributed by atoms with E-state index in [-0.39, 0.29) is 17.9 Å². The van der Waals surface area contributed by atoms with Crippen molar-refractivity contribution >= 4 is 23.2 Å². The molecule has 0 spiro atoms. The number of carbonyl (C=O) groups excluding carboxylic acids is 2. The molecule has 1 aliphatic heterocycles. The Morgan fingerprint density at radius 1 is 1.03 bits per heavy atom. The second-order valence-electron chi connectivity index (χ2n) is 8.19. The van der Waals surface area contributed by atoms with E-state index in [0.717, 1.165) is 44.6 Å². The Hall–Kier alpha value is -3.38. The fourth-order valence-electron chi connectivity index (χ4n) is 4.31. The zero-order chi connectivity index (χ0) is 22.3. The molecule has 1 aliphatic rings. The quantitative estimate of drug-likeness (QED) is 0.594. The lowest BCUT2D eigenvalue weighted by Gasteiger charge is -2.39. The van der Waals surface area contributed by atoms with Crippen molar-refractivity contribution in [2.45, 2.75) is 32.2 Å². The third kappa shape index (κ3) is 5.26. The first-order valence-electron chi connectivity index (χ1n) is 11.1. The maximum Gasteiger partial charge on any atom is 0.261 e. The number of furan rings is 1. The van der Waals surface area contributed by atoms with Crippen molar-refractivity contribution in [1.82, 2.24) is 4.90 Å². The van der Waals surface area contributed by atoms with Gasteiger partial charge in [0.2, 0.25) is 5.91 Å². The molecular weight excluding hydrogens is 402 g/mol. The van der Waals surface area contributed by atoms with E-state index in [2.05, 4.69) is 34.5 Å². The molecule has 1 fully saturated rings. The molecule has 6 nitrogen and oxygen atoms in total.